The third-order valence-electron chi connectivity index (χ3n) is 4.94. The molecule has 0 radical (unpaired) electrons. The van der Waals surface area contributed by atoms with Gasteiger partial charge in [0.2, 0.25) is 0 Å². The van der Waals surface area contributed by atoms with Crippen LogP contribution in [-0.2, 0) is 9.47 Å². The van der Waals surface area contributed by atoms with Crippen molar-refractivity contribution in [3.8, 4) is 5.75 Å². The van der Waals surface area contributed by atoms with Gasteiger partial charge in [0.15, 0.2) is 11.6 Å². The Labute approximate surface area is 141 Å². The highest BCUT2D eigenvalue weighted by Crippen LogP contribution is 2.37. The molecule has 3 rings (SSSR count). The Morgan fingerprint density at radius 3 is 2.79 bits per heavy atom. The van der Waals surface area contributed by atoms with Crippen LogP contribution >= 0.6 is 0 Å². The van der Waals surface area contributed by atoms with E-state index in [1.54, 1.807) is 11.0 Å². The van der Waals surface area contributed by atoms with Gasteiger partial charge in [-0.05, 0) is 38.0 Å². The number of carbonyl (C=O) groups is 1. The van der Waals surface area contributed by atoms with Gasteiger partial charge in [-0.25, -0.2) is 4.39 Å². The summed E-state index contributed by atoms with van der Waals surface area (Å²) in [5.41, 5.74) is 0.186. The molecular formula is C18H24FNO4. The summed E-state index contributed by atoms with van der Waals surface area (Å²) in [5, 5.41) is 0. The van der Waals surface area contributed by atoms with E-state index in [9.17, 15) is 9.18 Å². The van der Waals surface area contributed by atoms with Crippen LogP contribution in [0.15, 0.2) is 18.2 Å². The summed E-state index contributed by atoms with van der Waals surface area (Å²) in [5.74, 6) is -0.522. The molecule has 24 heavy (non-hydrogen) atoms. The molecule has 5 nitrogen and oxygen atoms in total. The molecule has 0 aromatic heterocycles. The minimum Gasteiger partial charge on any atom is -0.494 e. The first-order valence-corrected chi connectivity index (χ1v) is 8.45. The Kier molecular flexibility index (Phi) is 5.06. The minimum absolute atomic E-state index is 0.144. The highest BCUT2D eigenvalue weighted by molar-refractivity contribution is 5.94. The molecule has 2 aliphatic rings. The van der Waals surface area contributed by atoms with Crippen LogP contribution in [0.5, 0.6) is 5.75 Å². The van der Waals surface area contributed by atoms with E-state index < -0.39 is 5.82 Å². The second kappa shape index (κ2) is 7.07. The topological polar surface area (TPSA) is 48.0 Å². The Bertz CT molecular complexity index is 599. The maximum Gasteiger partial charge on any atom is 0.253 e. The van der Waals surface area contributed by atoms with Crippen molar-refractivity contribution in [1.29, 1.82) is 0 Å². The standard InChI is InChI=1S/C18H24FNO4/c1-3-23-14-11-18(24-12-14)6-8-20(9-7-18)17(21)13-4-5-16(22-2)15(19)10-13/h4-5,10,14H,3,6-9,11-12H2,1-2H3/t14-/m0/s1. The van der Waals surface area contributed by atoms with Gasteiger partial charge in [-0.3, -0.25) is 4.79 Å². The van der Waals surface area contributed by atoms with E-state index in [0.717, 1.165) is 19.3 Å². The van der Waals surface area contributed by atoms with Crippen LogP contribution in [-0.4, -0.2) is 55.9 Å². The lowest BCUT2D eigenvalue weighted by Gasteiger charge is -2.38. The molecule has 1 atom stereocenters. The third-order valence-corrected chi connectivity index (χ3v) is 4.94. The van der Waals surface area contributed by atoms with Gasteiger partial charge in [0.25, 0.3) is 5.91 Å². The smallest absolute Gasteiger partial charge is 0.253 e. The monoisotopic (exact) mass is 337 g/mol. The van der Waals surface area contributed by atoms with E-state index in [1.807, 2.05) is 6.92 Å². The molecule has 2 heterocycles. The number of hydrogen-bond donors (Lipinski definition) is 0. The SMILES string of the molecule is CCO[C@@H]1COC2(CCN(C(=O)c3ccc(OC)c(F)c3)CC2)C1. The first-order chi connectivity index (χ1) is 11.6. The van der Waals surface area contributed by atoms with Crippen molar-refractivity contribution in [2.45, 2.75) is 37.9 Å². The van der Waals surface area contributed by atoms with Crippen molar-refractivity contribution in [3.05, 3.63) is 29.6 Å². The van der Waals surface area contributed by atoms with E-state index >= 15 is 0 Å². The Balaban J connectivity index is 1.60. The highest BCUT2D eigenvalue weighted by Gasteiger charge is 2.43. The summed E-state index contributed by atoms with van der Waals surface area (Å²) < 4.78 is 30.3. The minimum atomic E-state index is -0.518. The summed E-state index contributed by atoms with van der Waals surface area (Å²) in [6.07, 6.45) is 2.63. The Morgan fingerprint density at radius 1 is 1.42 bits per heavy atom. The number of likely N-dealkylation sites (tertiary alicyclic amines) is 1. The number of methoxy groups -OCH3 is 1. The number of piperidine rings is 1. The van der Waals surface area contributed by atoms with Crippen molar-refractivity contribution >= 4 is 5.91 Å². The van der Waals surface area contributed by atoms with Crippen molar-refractivity contribution in [3.63, 3.8) is 0 Å². The van der Waals surface area contributed by atoms with Gasteiger partial charge in [0, 0.05) is 31.7 Å². The number of halogens is 1. The average Bonchev–Trinajstić information content (AvgIpc) is 2.98. The number of carbonyl (C=O) groups excluding carboxylic acids is 1. The Morgan fingerprint density at radius 2 is 2.17 bits per heavy atom. The highest BCUT2D eigenvalue weighted by atomic mass is 19.1. The lowest BCUT2D eigenvalue weighted by molar-refractivity contribution is -0.0407. The molecule has 1 aromatic rings. The molecule has 1 spiro atoms. The molecule has 6 heteroatoms. The van der Waals surface area contributed by atoms with Gasteiger partial charge >= 0.3 is 0 Å². The van der Waals surface area contributed by atoms with Gasteiger partial charge in [-0.2, -0.15) is 0 Å². The van der Waals surface area contributed by atoms with E-state index in [0.29, 0.717) is 31.9 Å². The third kappa shape index (κ3) is 3.39. The predicted octanol–water partition coefficient (Wildman–Crippen LogP) is 2.63. The molecule has 0 bridgehead atoms. The zero-order chi connectivity index (χ0) is 17.2. The molecular weight excluding hydrogens is 313 g/mol. The van der Waals surface area contributed by atoms with E-state index in [1.165, 1.54) is 19.2 Å². The van der Waals surface area contributed by atoms with Crippen molar-refractivity contribution in [2.24, 2.45) is 0 Å². The lowest BCUT2D eigenvalue weighted by atomic mass is 9.87. The van der Waals surface area contributed by atoms with Crippen LogP contribution in [0.4, 0.5) is 4.39 Å². The maximum atomic E-state index is 13.8. The summed E-state index contributed by atoms with van der Waals surface area (Å²) >= 11 is 0. The lowest BCUT2D eigenvalue weighted by Crippen LogP contribution is -2.46. The van der Waals surface area contributed by atoms with Crippen LogP contribution < -0.4 is 4.74 Å². The Hall–Kier alpha value is -1.66. The number of amides is 1. The van der Waals surface area contributed by atoms with Crippen molar-refractivity contribution < 1.29 is 23.4 Å². The molecule has 0 unspecified atom stereocenters. The number of benzene rings is 1. The molecule has 2 fully saturated rings. The number of nitrogens with zero attached hydrogens (tertiary/aromatic N) is 1. The first kappa shape index (κ1) is 17.2. The first-order valence-electron chi connectivity index (χ1n) is 8.45. The van der Waals surface area contributed by atoms with Gasteiger partial charge < -0.3 is 19.1 Å². The second-order valence-electron chi connectivity index (χ2n) is 6.42. The van der Waals surface area contributed by atoms with Gasteiger partial charge in [-0.15, -0.1) is 0 Å². The van der Waals surface area contributed by atoms with Crippen LogP contribution in [0.2, 0.25) is 0 Å². The second-order valence-corrected chi connectivity index (χ2v) is 6.42. The molecule has 2 aliphatic heterocycles. The fraction of sp³-hybridized carbons (Fsp3) is 0.611. The number of rotatable bonds is 4. The normalized spacial score (nSPS) is 22.8. The van der Waals surface area contributed by atoms with E-state index in [4.69, 9.17) is 14.2 Å². The summed E-state index contributed by atoms with van der Waals surface area (Å²) in [6, 6.07) is 4.33. The fourth-order valence-corrected chi connectivity index (χ4v) is 3.59. The zero-order valence-corrected chi connectivity index (χ0v) is 14.2. The fourth-order valence-electron chi connectivity index (χ4n) is 3.59. The maximum absolute atomic E-state index is 13.8. The summed E-state index contributed by atoms with van der Waals surface area (Å²) in [4.78, 5) is 14.3. The molecule has 1 aromatic carbocycles. The molecule has 0 N–H and O–H groups in total. The molecule has 132 valence electrons. The van der Waals surface area contributed by atoms with E-state index in [-0.39, 0.29) is 23.4 Å². The van der Waals surface area contributed by atoms with Crippen LogP contribution in [0, 0.1) is 5.82 Å². The van der Waals surface area contributed by atoms with Crippen molar-refractivity contribution in [2.75, 3.05) is 33.4 Å². The molecule has 2 saturated heterocycles. The molecule has 0 aliphatic carbocycles. The predicted molar refractivity (Wildman–Crippen MR) is 86.8 cm³/mol. The summed E-state index contributed by atoms with van der Waals surface area (Å²) in [7, 11) is 1.40. The van der Waals surface area contributed by atoms with Gasteiger partial charge in [0.05, 0.1) is 25.4 Å². The van der Waals surface area contributed by atoms with Crippen molar-refractivity contribution in [1.82, 2.24) is 4.90 Å². The van der Waals surface area contributed by atoms with Crippen LogP contribution in [0.3, 0.4) is 0 Å². The van der Waals surface area contributed by atoms with Crippen LogP contribution in [0.25, 0.3) is 0 Å². The largest absolute Gasteiger partial charge is 0.494 e. The van der Waals surface area contributed by atoms with E-state index in [2.05, 4.69) is 0 Å². The quantitative estimate of drug-likeness (QED) is 0.847. The number of hydrogen-bond acceptors (Lipinski definition) is 4. The molecule has 1 amide bonds. The van der Waals surface area contributed by atoms with Gasteiger partial charge in [0.1, 0.15) is 0 Å². The zero-order valence-electron chi connectivity index (χ0n) is 14.2. The van der Waals surface area contributed by atoms with Crippen LogP contribution in [0.1, 0.15) is 36.5 Å². The van der Waals surface area contributed by atoms with Gasteiger partial charge in [-0.1, -0.05) is 0 Å². The molecule has 0 saturated carbocycles. The summed E-state index contributed by atoms with van der Waals surface area (Å²) in [6.45, 7) is 4.54. The average molecular weight is 337 g/mol. The number of ether oxygens (including phenoxy) is 3.